The molecule has 2 N–H and O–H groups in total. The Kier molecular flexibility index (Phi) is 3.39. The molecule has 19 heavy (non-hydrogen) atoms. The van der Waals surface area contributed by atoms with Crippen LogP contribution in [0.5, 0.6) is 0 Å². The van der Waals surface area contributed by atoms with Gasteiger partial charge in [0.1, 0.15) is 0 Å². The van der Waals surface area contributed by atoms with Crippen molar-refractivity contribution in [1.82, 2.24) is 0 Å². The summed E-state index contributed by atoms with van der Waals surface area (Å²) in [5, 5.41) is 0. The van der Waals surface area contributed by atoms with E-state index in [-0.39, 0.29) is 6.04 Å². The number of aryl methyl sites for hydroxylation is 2. The molecule has 0 saturated heterocycles. The molecule has 0 fully saturated rings. The van der Waals surface area contributed by atoms with Crippen LogP contribution in [0.25, 0.3) is 11.1 Å². The van der Waals surface area contributed by atoms with Crippen molar-refractivity contribution in [3.63, 3.8) is 0 Å². The van der Waals surface area contributed by atoms with Gasteiger partial charge in [0.15, 0.2) is 0 Å². The average Bonchev–Trinajstić information content (AvgIpc) is 2.46. The minimum absolute atomic E-state index is 0.0761. The zero-order valence-corrected chi connectivity index (χ0v) is 11.5. The summed E-state index contributed by atoms with van der Waals surface area (Å²) in [7, 11) is 0. The van der Waals surface area contributed by atoms with Gasteiger partial charge in [-0.05, 0) is 60.4 Å². The van der Waals surface area contributed by atoms with Crippen molar-refractivity contribution < 1.29 is 0 Å². The zero-order chi connectivity index (χ0) is 13.2. The van der Waals surface area contributed by atoms with Gasteiger partial charge in [-0.15, -0.1) is 0 Å². The van der Waals surface area contributed by atoms with Gasteiger partial charge in [0.25, 0.3) is 0 Å². The molecular formula is C18H21N. The van der Waals surface area contributed by atoms with Gasteiger partial charge in [0, 0.05) is 6.04 Å². The molecule has 3 rings (SSSR count). The predicted octanol–water partition coefficient (Wildman–Crippen LogP) is 4.25. The first-order valence-electron chi connectivity index (χ1n) is 7.22. The van der Waals surface area contributed by atoms with Crippen LogP contribution in [-0.2, 0) is 12.8 Å². The van der Waals surface area contributed by atoms with E-state index >= 15 is 0 Å². The monoisotopic (exact) mass is 251 g/mol. The molecule has 1 unspecified atom stereocenters. The highest BCUT2D eigenvalue weighted by Gasteiger charge is 2.12. The van der Waals surface area contributed by atoms with Crippen molar-refractivity contribution in [2.75, 3.05) is 0 Å². The fourth-order valence-electron chi connectivity index (χ4n) is 3.06. The molecule has 2 aromatic carbocycles. The fraction of sp³-hybridized carbons (Fsp3) is 0.333. The van der Waals surface area contributed by atoms with Gasteiger partial charge in [0.05, 0.1) is 0 Å². The molecule has 0 amide bonds. The Labute approximate surface area is 115 Å². The van der Waals surface area contributed by atoms with Crippen LogP contribution in [0.4, 0.5) is 0 Å². The Morgan fingerprint density at radius 3 is 2.47 bits per heavy atom. The Bertz CT molecular complexity index is 584. The summed E-state index contributed by atoms with van der Waals surface area (Å²) in [6.07, 6.45) is 5.13. The lowest BCUT2D eigenvalue weighted by molar-refractivity contribution is 0.686. The molecule has 0 heterocycles. The van der Waals surface area contributed by atoms with Crippen LogP contribution in [0.2, 0.25) is 0 Å². The second-order valence-electron chi connectivity index (χ2n) is 5.57. The second kappa shape index (κ2) is 5.18. The van der Waals surface area contributed by atoms with E-state index in [0.29, 0.717) is 0 Å². The molecule has 0 radical (unpaired) electrons. The van der Waals surface area contributed by atoms with E-state index in [9.17, 15) is 0 Å². The standard InChI is InChI=1S/C18H21N/c1-13(19)17-8-4-5-9-18(17)16-11-10-14-6-2-3-7-15(14)12-16/h4-5,8-13H,2-3,6-7,19H2,1H3. The normalized spacial score (nSPS) is 15.9. The molecule has 0 spiro atoms. The van der Waals surface area contributed by atoms with E-state index in [2.05, 4.69) is 49.4 Å². The maximum atomic E-state index is 6.09. The largest absolute Gasteiger partial charge is 0.324 e. The highest BCUT2D eigenvalue weighted by molar-refractivity contribution is 5.69. The molecule has 1 atom stereocenters. The molecule has 2 aromatic rings. The summed E-state index contributed by atoms with van der Waals surface area (Å²) < 4.78 is 0. The van der Waals surface area contributed by atoms with Crippen molar-refractivity contribution in [2.24, 2.45) is 5.73 Å². The van der Waals surface area contributed by atoms with Gasteiger partial charge in [-0.25, -0.2) is 0 Å². The number of nitrogens with two attached hydrogens (primary N) is 1. The van der Waals surface area contributed by atoms with Crippen molar-refractivity contribution in [3.05, 3.63) is 59.2 Å². The molecule has 1 aliphatic rings. The highest BCUT2D eigenvalue weighted by atomic mass is 14.6. The summed E-state index contributed by atoms with van der Waals surface area (Å²) in [6, 6.07) is 15.5. The van der Waals surface area contributed by atoms with E-state index in [1.807, 2.05) is 0 Å². The number of rotatable bonds is 2. The third-order valence-corrected chi connectivity index (χ3v) is 4.11. The summed E-state index contributed by atoms with van der Waals surface area (Å²) in [4.78, 5) is 0. The van der Waals surface area contributed by atoms with Crippen LogP contribution in [0.1, 0.15) is 42.5 Å². The predicted molar refractivity (Wildman–Crippen MR) is 81.1 cm³/mol. The number of hydrogen-bond acceptors (Lipinski definition) is 1. The van der Waals surface area contributed by atoms with E-state index < -0.39 is 0 Å². The van der Waals surface area contributed by atoms with Crippen molar-refractivity contribution in [2.45, 2.75) is 38.6 Å². The lowest BCUT2D eigenvalue weighted by atomic mass is 9.87. The van der Waals surface area contributed by atoms with E-state index in [0.717, 1.165) is 0 Å². The maximum Gasteiger partial charge on any atom is 0.0272 e. The first-order chi connectivity index (χ1) is 9.25. The van der Waals surface area contributed by atoms with Crippen LogP contribution in [0.3, 0.4) is 0 Å². The number of benzene rings is 2. The molecule has 1 heteroatoms. The number of fused-ring (bicyclic) bond motifs is 1. The SMILES string of the molecule is CC(N)c1ccccc1-c1ccc2c(c1)CCCC2. The fourth-order valence-corrected chi connectivity index (χ4v) is 3.06. The second-order valence-corrected chi connectivity index (χ2v) is 5.57. The van der Waals surface area contributed by atoms with Crippen LogP contribution in [0, 0.1) is 0 Å². The molecule has 0 bridgehead atoms. The van der Waals surface area contributed by atoms with Crippen LogP contribution in [0.15, 0.2) is 42.5 Å². The summed E-state index contributed by atoms with van der Waals surface area (Å²) >= 11 is 0. The van der Waals surface area contributed by atoms with Gasteiger partial charge >= 0.3 is 0 Å². The quantitative estimate of drug-likeness (QED) is 0.848. The minimum Gasteiger partial charge on any atom is -0.324 e. The maximum absolute atomic E-state index is 6.09. The third kappa shape index (κ3) is 2.43. The molecule has 98 valence electrons. The summed E-state index contributed by atoms with van der Waals surface area (Å²) in [5.74, 6) is 0. The third-order valence-electron chi connectivity index (χ3n) is 4.11. The Morgan fingerprint density at radius 2 is 1.68 bits per heavy atom. The topological polar surface area (TPSA) is 26.0 Å². The first-order valence-corrected chi connectivity index (χ1v) is 7.22. The lowest BCUT2D eigenvalue weighted by Gasteiger charge is -2.18. The smallest absolute Gasteiger partial charge is 0.0272 e. The Balaban J connectivity index is 2.07. The van der Waals surface area contributed by atoms with Crippen molar-refractivity contribution in [3.8, 4) is 11.1 Å². The number of hydrogen-bond donors (Lipinski definition) is 1. The van der Waals surface area contributed by atoms with Gasteiger partial charge in [-0.3, -0.25) is 0 Å². The van der Waals surface area contributed by atoms with Gasteiger partial charge < -0.3 is 5.73 Å². The molecule has 1 nitrogen and oxygen atoms in total. The van der Waals surface area contributed by atoms with Crippen molar-refractivity contribution >= 4 is 0 Å². The van der Waals surface area contributed by atoms with Crippen LogP contribution >= 0.6 is 0 Å². The average molecular weight is 251 g/mol. The lowest BCUT2D eigenvalue weighted by Crippen LogP contribution is -2.07. The Morgan fingerprint density at radius 1 is 0.947 bits per heavy atom. The van der Waals surface area contributed by atoms with Gasteiger partial charge in [-0.2, -0.15) is 0 Å². The van der Waals surface area contributed by atoms with E-state index in [1.165, 1.54) is 53.5 Å². The molecule has 0 saturated carbocycles. The van der Waals surface area contributed by atoms with Crippen LogP contribution in [-0.4, -0.2) is 0 Å². The highest BCUT2D eigenvalue weighted by Crippen LogP contribution is 2.31. The molecule has 1 aliphatic carbocycles. The van der Waals surface area contributed by atoms with Crippen LogP contribution < -0.4 is 5.73 Å². The molecule has 0 aromatic heterocycles. The minimum atomic E-state index is 0.0761. The van der Waals surface area contributed by atoms with Crippen molar-refractivity contribution in [1.29, 1.82) is 0 Å². The summed E-state index contributed by atoms with van der Waals surface area (Å²) in [6.45, 7) is 2.05. The van der Waals surface area contributed by atoms with E-state index in [1.54, 1.807) is 0 Å². The molecule has 0 aliphatic heterocycles. The Hall–Kier alpha value is -1.60. The van der Waals surface area contributed by atoms with E-state index in [4.69, 9.17) is 5.73 Å². The first kappa shape index (κ1) is 12.4. The summed E-state index contributed by atoms with van der Waals surface area (Å²) in [5.41, 5.74) is 13.0. The van der Waals surface area contributed by atoms with Gasteiger partial charge in [-0.1, -0.05) is 42.5 Å². The molecular weight excluding hydrogens is 230 g/mol. The van der Waals surface area contributed by atoms with Gasteiger partial charge in [0.2, 0.25) is 0 Å². The zero-order valence-electron chi connectivity index (χ0n) is 11.5.